The van der Waals surface area contributed by atoms with Crippen molar-refractivity contribution >= 4 is 6.03 Å². The van der Waals surface area contributed by atoms with Crippen LogP contribution in [0.15, 0.2) is 30.3 Å². The van der Waals surface area contributed by atoms with Crippen LogP contribution in [0, 0.1) is 5.92 Å². The van der Waals surface area contributed by atoms with Crippen molar-refractivity contribution in [2.24, 2.45) is 5.92 Å². The lowest BCUT2D eigenvalue weighted by Gasteiger charge is -2.39. The second-order valence-corrected chi connectivity index (χ2v) is 6.78. The number of urea groups is 1. The Kier molecular flexibility index (Phi) is 5.01. The van der Waals surface area contributed by atoms with Crippen LogP contribution in [0.25, 0.3) is 0 Å². The molecule has 0 radical (unpaired) electrons. The van der Waals surface area contributed by atoms with Gasteiger partial charge in [-0.3, -0.25) is 0 Å². The summed E-state index contributed by atoms with van der Waals surface area (Å²) in [6.45, 7) is 3.10. The first-order valence-corrected chi connectivity index (χ1v) is 8.91. The summed E-state index contributed by atoms with van der Waals surface area (Å²) in [5, 5.41) is 3.36. The third kappa shape index (κ3) is 3.29. The summed E-state index contributed by atoms with van der Waals surface area (Å²) in [5.41, 5.74) is 1.26. The minimum Gasteiger partial charge on any atom is -0.331 e. The van der Waals surface area contributed by atoms with Gasteiger partial charge in [-0.2, -0.15) is 0 Å². The normalized spacial score (nSPS) is 23.7. The van der Waals surface area contributed by atoms with Crippen molar-refractivity contribution in [3.63, 3.8) is 0 Å². The number of benzene rings is 1. The molecule has 22 heavy (non-hydrogen) atoms. The molecule has 0 spiro atoms. The molecule has 1 aromatic rings. The first-order valence-electron chi connectivity index (χ1n) is 8.91. The van der Waals surface area contributed by atoms with Gasteiger partial charge in [-0.25, -0.2) is 4.79 Å². The molecule has 0 aromatic heterocycles. The Hall–Kier alpha value is -1.51. The van der Waals surface area contributed by atoms with E-state index in [0.29, 0.717) is 12.0 Å². The van der Waals surface area contributed by atoms with Crippen LogP contribution in [-0.4, -0.2) is 23.5 Å². The number of hydrogen-bond donors (Lipinski definition) is 1. The van der Waals surface area contributed by atoms with Crippen LogP contribution in [-0.2, 0) is 0 Å². The van der Waals surface area contributed by atoms with E-state index in [0.717, 1.165) is 25.8 Å². The molecule has 1 heterocycles. The number of nitrogens with one attached hydrogen (secondary N) is 1. The molecule has 1 aromatic carbocycles. The average Bonchev–Trinajstić information content (AvgIpc) is 2.53. The van der Waals surface area contributed by atoms with Gasteiger partial charge in [-0.15, -0.1) is 0 Å². The quantitative estimate of drug-likeness (QED) is 0.872. The van der Waals surface area contributed by atoms with E-state index in [9.17, 15) is 4.79 Å². The molecule has 2 fully saturated rings. The lowest BCUT2D eigenvalue weighted by Crippen LogP contribution is -2.50. The summed E-state index contributed by atoms with van der Waals surface area (Å²) in [5.74, 6) is 0.608. The Morgan fingerprint density at radius 1 is 1.18 bits per heavy atom. The van der Waals surface area contributed by atoms with Crippen molar-refractivity contribution in [1.82, 2.24) is 10.2 Å². The van der Waals surface area contributed by atoms with Crippen LogP contribution in [0.5, 0.6) is 0 Å². The maximum Gasteiger partial charge on any atom is 0.318 e. The molecule has 2 aliphatic rings. The fraction of sp³-hybridized carbons (Fsp3) is 0.632. The molecule has 3 heteroatoms. The van der Waals surface area contributed by atoms with Crippen LogP contribution in [0.2, 0.25) is 0 Å². The summed E-state index contributed by atoms with van der Waals surface area (Å²) in [4.78, 5) is 14.9. The Balaban J connectivity index is 1.71. The molecule has 1 saturated carbocycles. The maximum absolute atomic E-state index is 12.8. The number of likely N-dealkylation sites (tertiary alicyclic amines) is 1. The molecule has 3 nitrogen and oxygen atoms in total. The molecule has 2 unspecified atom stereocenters. The van der Waals surface area contributed by atoms with Crippen molar-refractivity contribution in [2.45, 2.75) is 64.0 Å². The van der Waals surface area contributed by atoms with E-state index < -0.39 is 0 Å². The largest absolute Gasteiger partial charge is 0.331 e. The van der Waals surface area contributed by atoms with E-state index >= 15 is 0 Å². The average molecular weight is 300 g/mol. The Morgan fingerprint density at radius 2 is 1.95 bits per heavy atom. The molecule has 0 bridgehead atoms. The number of carbonyl (C=O) groups is 1. The summed E-state index contributed by atoms with van der Waals surface area (Å²) in [6, 6.07) is 11.2. The van der Waals surface area contributed by atoms with Crippen LogP contribution < -0.4 is 5.32 Å². The van der Waals surface area contributed by atoms with Crippen LogP contribution >= 0.6 is 0 Å². The molecular weight excluding hydrogens is 272 g/mol. The molecule has 1 N–H and O–H groups in total. The summed E-state index contributed by atoms with van der Waals surface area (Å²) >= 11 is 0. The summed E-state index contributed by atoms with van der Waals surface area (Å²) in [6.07, 6.45) is 8.38. The highest BCUT2D eigenvalue weighted by atomic mass is 16.2. The van der Waals surface area contributed by atoms with Crippen molar-refractivity contribution < 1.29 is 4.79 Å². The molecular formula is C19H28N2O. The second kappa shape index (κ2) is 7.17. The van der Waals surface area contributed by atoms with E-state index in [1.165, 1.54) is 31.2 Å². The van der Waals surface area contributed by atoms with E-state index in [1.807, 2.05) is 6.07 Å². The van der Waals surface area contributed by atoms with Crippen molar-refractivity contribution in [3.8, 4) is 0 Å². The highest BCUT2D eigenvalue weighted by Gasteiger charge is 2.32. The smallest absolute Gasteiger partial charge is 0.318 e. The molecule has 2 amide bonds. The van der Waals surface area contributed by atoms with E-state index in [2.05, 4.69) is 41.4 Å². The van der Waals surface area contributed by atoms with Crippen LogP contribution in [0.1, 0.15) is 63.5 Å². The fourth-order valence-corrected chi connectivity index (χ4v) is 3.82. The van der Waals surface area contributed by atoms with Gasteiger partial charge in [0.05, 0.1) is 6.04 Å². The van der Waals surface area contributed by atoms with Gasteiger partial charge in [0.1, 0.15) is 0 Å². The van der Waals surface area contributed by atoms with E-state index in [-0.39, 0.29) is 12.1 Å². The molecule has 1 aliphatic heterocycles. The van der Waals surface area contributed by atoms with Crippen molar-refractivity contribution in [2.75, 3.05) is 6.54 Å². The SMILES string of the molecule is CCC1CCCCN1C(=O)NC(c1ccccc1)C1CCC1. The third-order valence-corrected chi connectivity index (χ3v) is 5.42. The topological polar surface area (TPSA) is 32.3 Å². The van der Waals surface area contributed by atoms with Crippen molar-refractivity contribution in [3.05, 3.63) is 35.9 Å². The monoisotopic (exact) mass is 300 g/mol. The minimum absolute atomic E-state index is 0.146. The number of hydrogen-bond acceptors (Lipinski definition) is 1. The molecule has 1 aliphatic carbocycles. The van der Waals surface area contributed by atoms with Gasteiger partial charge in [-0.1, -0.05) is 43.7 Å². The fourth-order valence-electron chi connectivity index (χ4n) is 3.82. The van der Waals surface area contributed by atoms with Gasteiger partial charge >= 0.3 is 6.03 Å². The Labute approximate surface area is 134 Å². The standard InChI is InChI=1S/C19H28N2O/c1-2-17-13-6-7-14-21(17)19(22)20-18(16-11-8-12-16)15-9-4-3-5-10-15/h3-5,9-10,16-18H,2,6-8,11-14H2,1H3,(H,20,22). The zero-order valence-corrected chi connectivity index (χ0v) is 13.6. The van der Waals surface area contributed by atoms with E-state index in [1.54, 1.807) is 0 Å². The number of rotatable bonds is 4. The third-order valence-electron chi connectivity index (χ3n) is 5.42. The first-order chi connectivity index (χ1) is 10.8. The van der Waals surface area contributed by atoms with Gasteiger partial charge in [0.2, 0.25) is 0 Å². The Morgan fingerprint density at radius 3 is 2.59 bits per heavy atom. The highest BCUT2D eigenvalue weighted by Crippen LogP contribution is 2.38. The summed E-state index contributed by atoms with van der Waals surface area (Å²) < 4.78 is 0. The van der Waals surface area contributed by atoms with Gasteiger partial charge in [-0.05, 0) is 50.0 Å². The second-order valence-electron chi connectivity index (χ2n) is 6.78. The highest BCUT2D eigenvalue weighted by molar-refractivity contribution is 5.75. The molecule has 3 rings (SSSR count). The molecule has 1 saturated heterocycles. The predicted octanol–water partition coefficient (Wildman–Crippen LogP) is 4.50. The van der Waals surface area contributed by atoms with Crippen LogP contribution in [0.3, 0.4) is 0 Å². The van der Waals surface area contributed by atoms with E-state index in [4.69, 9.17) is 0 Å². The Bertz CT molecular complexity index is 483. The van der Waals surface area contributed by atoms with Crippen molar-refractivity contribution in [1.29, 1.82) is 0 Å². The number of amides is 2. The number of piperidine rings is 1. The lowest BCUT2D eigenvalue weighted by molar-refractivity contribution is 0.136. The minimum atomic E-state index is 0.146. The van der Waals surface area contributed by atoms with Gasteiger partial charge in [0.15, 0.2) is 0 Å². The molecule has 2 atom stereocenters. The maximum atomic E-state index is 12.8. The molecule has 120 valence electrons. The van der Waals surface area contributed by atoms with Gasteiger partial charge < -0.3 is 10.2 Å². The summed E-state index contributed by atoms with van der Waals surface area (Å²) in [7, 11) is 0. The zero-order valence-electron chi connectivity index (χ0n) is 13.6. The number of carbonyl (C=O) groups excluding carboxylic acids is 1. The predicted molar refractivity (Wildman–Crippen MR) is 89.7 cm³/mol. The zero-order chi connectivity index (χ0) is 15.4. The number of nitrogens with zero attached hydrogens (tertiary/aromatic N) is 1. The lowest BCUT2D eigenvalue weighted by atomic mass is 9.77. The van der Waals surface area contributed by atoms with Gasteiger partial charge in [0.25, 0.3) is 0 Å². The first kappa shape index (κ1) is 15.4. The van der Waals surface area contributed by atoms with Crippen LogP contribution in [0.4, 0.5) is 4.79 Å². The van der Waals surface area contributed by atoms with Gasteiger partial charge in [0, 0.05) is 12.6 Å².